The van der Waals surface area contributed by atoms with Crippen molar-refractivity contribution in [3.05, 3.63) is 12.2 Å². The Morgan fingerprint density at radius 2 is 1.81 bits per heavy atom. The molecule has 0 radical (unpaired) electrons. The topological polar surface area (TPSA) is 89.9 Å². The summed E-state index contributed by atoms with van der Waals surface area (Å²) in [4.78, 5) is 31.8. The van der Waals surface area contributed by atoms with Gasteiger partial charge >= 0.3 is 17.9 Å². The highest BCUT2D eigenvalue weighted by molar-refractivity contribution is 5.90. The van der Waals surface area contributed by atoms with E-state index < -0.39 is 36.5 Å². The zero-order chi connectivity index (χ0) is 12.1. The number of esters is 2. The largest absolute Gasteiger partial charge is 0.481 e. The van der Waals surface area contributed by atoms with Crippen LogP contribution in [0.15, 0.2) is 12.2 Å². The zero-order valence-corrected chi connectivity index (χ0v) is 8.71. The Morgan fingerprint density at radius 1 is 1.25 bits per heavy atom. The maximum Gasteiger partial charge on any atom is 0.317 e. The van der Waals surface area contributed by atoms with Gasteiger partial charge in [-0.1, -0.05) is 0 Å². The minimum Gasteiger partial charge on any atom is -0.481 e. The minimum absolute atomic E-state index is 0.338. The van der Waals surface area contributed by atoms with Crippen molar-refractivity contribution >= 4 is 17.9 Å². The number of rotatable bonds is 4. The van der Waals surface area contributed by atoms with Crippen molar-refractivity contribution < 1.29 is 29.0 Å². The average molecular weight is 228 g/mol. The Hall–Kier alpha value is -1.85. The molecule has 1 rings (SSSR count). The van der Waals surface area contributed by atoms with E-state index in [1.54, 1.807) is 12.2 Å². The Kier molecular flexibility index (Phi) is 4.04. The third kappa shape index (κ3) is 4.12. The SMILES string of the molecule is CC(=O)O[C@@H]1C=C[C@H](OC(=O)CC(=O)O)C1. The lowest BCUT2D eigenvalue weighted by Gasteiger charge is -2.12. The summed E-state index contributed by atoms with van der Waals surface area (Å²) in [6, 6.07) is 0. The molecule has 6 nitrogen and oxygen atoms in total. The molecule has 0 saturated heterocycles. The summed E-state index contributed by atoms with van der Waals surface area (Å²) in [5, 5.41) is 8.34. The normalized spacial score (nSPS) is 22.8. The third-order valence-electron chi connectivity index (χ3n) is 1.90. The molecule has 0 fully saturated rings. The minimum atomic E-state index is -1.23. The lowest BCUT2D eigenvalue weighted by atomic mass is 10.3. The summed E-state index contributed by atoms with van der Waals surface area (Å²) in [7, 11) is 0. The first-order valence-electron chi connectivity index (χ1n) is 4.74. The van der Waals surface area contributed by atoms with E-state index in [9.17, 15) is 14.4 Å². The lowest BCUT2D eigenvalue weighted by molar-refractivity contribution is -0.154. The molecule has 0 bridgehead atoms. The first-order chi connectivity index (χ1) is 7.47. The summed E-state index contributed by atoms with van der Waals surface area (Å²) < 4.78 is 9.71. The molecule has 1 N–H and O–H groups in total. The number of carboxylic acid groups (broad SMARTS) is 1. The van der Waals surface area contributed by atoms with Gasteiger partial charge in [-0.25, -0.2) is 0 Å². The molecular weight excluding hydrogens is 216 g/mol. The molecule has 0 amide bonds. The van der Waals surface area contributed by atoms with Gasteiger partial charge in [-0.15, -0.1) is 0 Å². The first-order valence-corrected chi connectivity index (χ1v) is 4.74. The third-order valence-corrected chi connectivity index (χ3v) is 1.90. The van der Waals surface area contributed by atoms with Crippen molar-refractivity contribution in [1.29, 1.82) is 0 Å². The number of hydrogen-bond donors (Lipinski definition) is 1. The van der Waals surface area contributed by atoms with Crippen molar-refractivity contribution in [2.24, 2.45) is 0 Å². The highest BCUT2D eigenvalue weighted by Crippen LogP contribution is 2.17. The number of carboxylic acids is 1. The maximum absolute atomic E-state index is 11.0. The van der Waals surface area contributed by atoms with Crippen LogP contribution < -0.4 is 0 Å². The summed E-state index contributed by atoms with van der Waals surface area (Å²) in [5.41, 5.74) is 0. The Bertz CT molecular complexity index is 332. The quantitative estimate of drug-likeness (QED) is 0.422. The molecule has 0 saturated carbocycles. The van der Waals surface area contributed by atoms with E-state index in [1.165, 1.54) is 6.92 Å². The number of carbonyl (C=O) groups excluding carboxylic acids is 2. The van der Waals surface area contributed by atoms with E-state index in [1.807, 2.05) is 0 Å². The molecule has 0 aromatic heterocycles. The van der Waals surface area contributed by atoms with Crippen LogP contribution in [0, 0.1) is 0 Å². The predicted octanol–water partition coefficient (Wildman–Crippen LogP) is 0.265. The van der Waals surface area contributed by atoms with Gasteiger partial charge in [0.05, 0.1) is 0 Å². The molecule has 0 aromatic carbocycles. The van der Waals surface area contributed by atoms with E-state index in [0.29, 0.717) is 6.42 Å². The van der Waals surface area contributed by atoms with Crippen molar-refractivity contribution in [3.8, 4) is 0 Å². The second kappa shape index (κ2) is 5.29. The molecule has 0 spiro atoms. The monoisotopic (exact) mass is 228 g/mol. The maximum atomic E-state index is 11.0. The van der Waals surface area contributed by atoms with Gasteiger partial charge in [-0.05, 0) is 12.2 Å². The van der Waals surface area contributed by atoms with Gasteiger partial charge in [0.25, 0.3) is 0 Å². The fourth-order valence-corrected chi connectivity index (χ4v) is 1.36. The summed E-state index contributed by atoms with van der Waals surface area (Å²) in [6.07, 6.45) is 1.94. The standard InChI is InChI=1S/C10H12O6/c1-6(11)15-7-2-3-8(4-7)16-10(14)5-9(12)13/h2-3,7-8H,4-5H2,1H3,(H,12,13)/t7-,8+/m1/s1. The fourth-order valence-electron chi connectivity index (χ4n) is 1.36. The summed E-state index contributed by atoms with van der Waals surface area (Å²) in [6.45, 7) is 1.29. The molecule has 2 atom stereocenters. The van der Waals surface area contributed by atoms with Crippen LogP contribution in [-0.4, -0.2) is 35.2 Å². The van der Waals surface area contributed by atoms with Gasteiger partial charge < -0.3 is 14.6 Å². The van der Waals surface area contributed by atoms with E-state index in [4.69, 9.17) is 14.6 Å². The highest BCUT2D eigenvalue weighted by atomic mass is 16.6. The van der Waals surface area contributed by atoms with Gasteiger partial charge in [0, 0.05) is 13.3 Å². The lowest BCUT2D eigenvalue weighted by Crippen LogP contribution is -2.20. The molecule has 16 heavy (non-hydrogen) atoms. The average Bonchev–Trinajstić information content (AvgIpc) is 2.49. The van der Waals surface area contributed by atoms with E-state index in [2.05, 4.69) is 0 Å². The molecule has 0 heterocycles. The van der Waals surface area contributed by atoms with Crippen LogP contribution in [0.5, 0.6) is 0 Å². The van der Waals surface area contributed by atoms with Crippen molar-refractivity contribution in [3.63, 3.8) is 0 Å². The molecule has 0 unspecified atom stereocenters. The van der Waals surface area contributed by atoms with Crippen molar-refractivity contribution in [2.75, 3.05) is 0 Å². The Labute approximate surface area is 91.8 Å². The molecule has 88 valence electrons. The summed E-state index contributed by atoms with van der Waals surface area (Å²) in [5.74, 6) is -2.44. The van der Waals surface area contributed by atoms with Gasteiger partial charge in [0.15, 0.2) is 0 Å². The van der Waals surface area contributed by atoms with Crippen molar-refractivity contribution in [2.45, 2.75) is 32.0 Å². The van der Waals surface area contributed by atoms with E-state index in [-0.39, 0.29) is 0 Å². The molecule has 1 aliphatic carbocycles. The number of ether oxygens (including phenoxy) is 2. The first kappa shape index (κ1) is 12.2. The van der Waals surface area contributed by atoms with Crippen LogP contribution in [0.1, 0.15) is 19.8 Å². The highest BCUT2D eigenvalue weighted by Gasteiger charge is 2.24. The number of hydrogen-bond acceptors (Lipinski definition) is 5. The molecule has 1 aliphatic rings. The van der Waals surface area contributed by atoms with Crippen LogP contribution in [0.25, 0.3) is 0 Å². The zero-order valence-electron chi connectivity index (χ0n) is 8.71. The van der Waals surface area contributed by atoms with Crippen LogP contribution in [0.2, 0.25) is 0 Å². The van der Waals surface area contributed by atoms with Gasteiger partial charge in [0.2, 0.25) is 0 Å². The smallest absolute Gasteiger partial charge is 0.317 e. The van der Waals surface area contributed by atoms with E-state index in [0.717, 1.165) is 0 Å². The van der Waals surface area contributed by atoms with Crippen molar-refractivity contribution in [1.82, 2.24) is 0 Å². The Morgan fingerprint density at radius 3 is 2.31 bits per heavy atom. The number of carbonyl (C=O) groups is 3. The Balaban J connectivity index is 2.32. The second-order valence-electron chi connectivity index (χ2n) is 3.37. The van der Waals surface area contributed by atoms with Crippen LogP contribution in [0.4, 0.5) is 0 Å². The van der Waals surface area contributed by atoms with Gasteiger partial charge in [-0.2, -0.15) is 0 Å². The van der Waals surface area contributed by atoms with Crippen LogP contribution >= 0.6 is 0 Å². The second-order valence-corrected chi connectivity index (χ2v) is 3.37. The van der Waals surface area contributed by atoms with Crippen LogP contribution in [0.3, 0.4) is 0 Å². The fraction of sp³-hybridized carbons (Fsp3) is 0.500. The molecule has 0 aromatic rings. The van der Waals surface area contributed by atoms with Crippen LogP contribution in [-0.2, 0) is 23.9 Å². The van der Waals surface area contributed by atoms with Gasteiger partial charge in [-0.3, -0.25) is 14.4 Å². The predicted molar refractivity (Wildman–Crippen MR) is 51.4 cm³/mol. The van der Waals surface area contributed by atoms with E-state index >= 15 is 0 Å². The molecular formula is C10H12O6. The van der Waals surface area contributed by atoms with Gasteiger partial charge in [0.1, 0.15) is 18.6 Å². The summed E-state index contributed by atoms with van der Waals surface area (Å²) >= 11 is 0. The molecule has 0 aliphatic heterocycles. The number of aliphatic carboxylic acids is 1. The molecule has 6 heteroatoms.